The van der Waals surface area contributed by atoms with Crippen LogP contribution in [-0.4, -0.2) is 23.3 Å². The number of thiophene rings is 1. The zero-order chi connectivity index (χ0) is 14.7. The summed E-state index contributed by atoms with van der Waals surface area (Å²) >= 11 is 1.62. The van der Waals surface area contributed by atoms with E-state index < -0.39 is 6.04 Å². The minimum absolute atomic E-state index is 0.0412. The summed E-state index contributed by atoms with van der Waals surface area (Å²) in [6, 6.07) is 12.8. The van der Waals surface area contributed by atoms with E-state index in [2.05, 4.69) is 5.32 Å². The summed E-state index contributed by atoms with van der Waals surface area (Å²) in [5.74, 6) is -0.119. The molecule has 21 heavy (non-hydrogen) atoms. The summed E-state index contributed by atoms with van der Waals surface area (Å²) < 4.78 is 0. The van der Waals surface area contributed by atoms with Gasteiger partial charge in [-0.25, -0.2) is 0 Å². The molecule has 1 saturated heterocycles. The molecule has 0 radical (unpaired) electrons. The molecule has 2 heterocycles. The van der Waals surface area contributed by atoms with Crippen LogP contribution in [0.1, 0.15) is 22.9 Å². The van der Waals surface area contributed by atoms with Gasteiger partial charge in [0.1, 0.15) is 6.04 Å². The monoisotopic (exact) mass is 300 g/mol. The van der Waals surface area contributed by atoms with E-state index in [1.807, 2.05) is 47.8 Å². The van der Waals surface area contributed by atoms with E-state index in [0.29, 0.717) is 19.5 Å². The van der Waals surface area contributed by atoms with Crippen LogP contribution in [-0.2, 0) is 16.1 Å². The first-order chi connectivity index (χ1) is 10.2. The molecule has 2 aromatic rings. The molecule has 0 bridgehead atoms. The molecule has 3 rings (SSSR count). The van der Waals surface area contributed by atoms with Crippen LogP contribution in [0.25, 0.3) is 0 Å². The molecule has 1 fully saturated rings. The molecule has 5 heteroatoms. The Morgan fingerprint density at radius 1 is 1.14 bits per heavy atom. The van der Waals surface area contributed by atoms with Gasteiger partial charge in [0, 0.05) is 17.8 Å². The lowest BCUT2D eigenvalue weighted by Gasteiger charge is -2.23. The number of hydrogen-bond donors (Lipinski definition) is 1. The zero-order valence-corrected chi connectivity index (χ0v) is 12.3. The number of carbonyl (C=O) groups is 2. The SMILES string of the molecule is O=C1CCN(Cc2cccs2)C(=O)C(c2ccccc2)N1. The van der Waals surface area contributed by atoms with Crippen molar-refractivity contribution in [2.45, 2.75) is 19.0 Å². The highest BCUT2D eigenvalue weighted by Gasteiger charge is 2.30. The third kappa shape index (κ3) is 3.13. The fraction of sp³-hybridized carbons (Fsp3) is 0.250. The van der Waals surface area contributed by atoms with E-state index in [9.17, 15) is 9.59 Å². The van der Waals surface area contributed by atoms with Gasteiger partial charge >= 0.3 is 0 Å². The van der Waals surface area contributed by atoms with Crippen molar-refractivity contribution in [2.24, 2.45) is 0 Å². The van der Waals surface area contributed by atoms with Gasteiger partial charge in [0.05, 0.1) is 6.54 Å². The van der Waals surface area contributed by atoms with Crippen LogP contribution in [0, 0.1) is 0 Å². The summed E-state index contributed by atoms with van der Waals surface area (Å²) in [4.78, 5) is 27.5. The summed E-state index contributed by atoms with van der Waals surface area (Å²) in [7, 11) is 0. The summed E-state index contributed by atoms with van der Waals surface area (Å²) in [6.07, 6.45) is 0.348. The number of nitrogens with zero attached hydrogens (tertiary/aromatic N) is 1. The molecular weight excluding hydrogens is 284 g/mol. The van der Waals surface area contributed by atoms with Gasteiger partial charge in [-0.05, 0) is 17.0 Å². The highest BCUT2D eigenvalue weighted by atomic mass is 32.1. The largest absolute Gasteiger partial charge is 0.340 e. The first kappa shape index (κ1) is 13.8. The van der Waals surface area contributed by atoms with Gasteiger partial charge in [-0.3, -0.25) is 9.59 Å². The smallest absolute Gasteiger partial charge is 0.250 e. The quantitative estimate of drug-likeness (QED) is 0.946. The zero-order valence-electron chi connectivity index (χ0n) is 11.5. The lowest BCUT2D eigenvalue weighted by atomic mass is 10.1. The van der Waals surface area contributed by atoms with E-state index in [1.54, 1.807) is 16.2 Å². The average molecular weight is 300 g/mol. The van der Waals surface area contributed by atoms with Gasteiger partial charge in [0.2, 0.25) is 11.8 Å². The molecule has 1 unspecified atom stereocenters. The fourth-order valence-corrected chi connectivity index (χ4v) is 3.16. The molecule has 4 nitrogen and oxygen atoms in total. The summed E-state index contributed by atoms with van der Waals surface area (Å²) in [6.45, 7) is 1.03. The third-order valence-corrected chi connectivity index (χ3v) is 4.39. The molecule has 0 aliphatic carbocycles. The highest BCUT2D eigenvalue weighted by molar-refractivity contribution is 7.09. The predicted molar refractivity (Wildman–Crippen MR) is 81.7 cm³/mol. The van der Waals surface area contributed by atoms with Gasteiger partial charge in [-0.1, -0.05) is 36.4 Å². The number of nitrogens with one attached hydrogen (secondary N) is 1. The topological polar surface area (TPSA) is 49.4 Å². The van der Waals surface area contributed by atoms with Crippen molar-refractivity contribution in [1.82, 2.24) is 10.2 Å². The second-order valence-corrected chi connectivity index (χ2v) is 6.03. The van der Waals surface area contributed by atoms with Gasteiger partial charge in [0.15, 0.2) is 0 Å². The molecule has 1 aliphatic rings. The van der Waals surface area contributed by atoms with Crippen LogP contribution in [0.3, 0.4) is 0 Å². The van der Waals surface area contributed by atoms with Crippen molar-refractivity contribution in [3.8, 4) is 0 Å². The Kier molecular flexibility index (Phi) is 4.01. The molecule has 108 valence electrons. The third-order valence-electron chi connectivity index (χ3n) is 3.53. The Morgan fingerprint density at radius 2 is 1.95 bits per heavy atom. The number of amides is 2. The standard InChI is InChI=1S/C16H16N2O2S/c19-14-8-9-18(11-13-7-4-10-21-13)16(20)15(17-14)12-5-2-1-3-6-12/h1-7,10,15H,8-9,11H2,(H,17,19). The van der Waals surface area contributed by atoms with E-state index in [1.165, 1.54) is 0 Å². The normalized spacial score (nSPS) is 19.2. The van der Waals surface area contributed by atoms with Crippen LogP contribution >= 0.6 is 11.3 Å². The van der Waals surface area contributed by atoms with Crippen LogP contribution in [0.15, 0.2) is 47.8 Å². The van der Waals surface area contributed by atoms with Crippen molar-refractivity contribution < 1.29 is 9.59 Å². The van der Waals surface area contributed by atoms with E-state index in [-0.39, 0.29) is 11.8 Å². The summed E-state index contributed by atoms with van der Waals surface area (Å²) in [5.41, 5.74) is 0.828. The molecule has 0 saturated carbocycles. The predicted octanol–water partition coefficient (Wildman–Crippen LogP) is 2.34. The highest BCUT2D eigenvalue weighted by Crippen LogP contribution is 2.21. The average Bonchev–Trinajstić information content (AvgIpc) is 2.97. The first-order valence-electron chi connectivity index (χ1n) is 6.89. The van der Waals surface area contributed by atoms with E-state index in [4.69, 9.17) is 0 Å². The van der Waals surface area contributed by atoms with Crippen molar-refractivity contribution in [3.63, 3.8) is 0 Å². The van der Waals surface area contributed by atoms with Crippen LogP contribution in [0.5, 0.6) is 0 Å². The Morgan fingerprint density at radius 3 is 2.67 bits per heavy atom. The number of rotatable bonds is 3. The van der Waals surface area contributed by atoms with E-state index >= 15 is 0 Å². The minimum Gasteiger partial charge on any atom is -0.340 e. The Hall–Kier alpha value is -2.14. The molecule has 1 aromatic carbocycles. The van der Waals surface area contributed by atoms with Crippen LogP contribution in [0.2, 0.25) is 0 Å². The van der Waals surface area contributed by atoms with Gasteiger partial charge < -0.3 is 10.2 Å². The molecule has 1 aromatic heterocycles. The Balaban J connectivity index is 1.85. The summed E-state index contributed by atoms with van der Waals surface area (Å²) in [5, 5.41) is 4.82. The minimum atomic E-state index is -0.582. The van der Waals surface area contributed by atoms with Crippen LogP contribution in [0.4, 0.5) is 0 Å². The van der Waals surface area contributed by atoms with Crippen molar-refractivity contribution >= 4 is 23.2 Å². The van der Waals surface area contributed by atoms with Gasteiger partial charge in [-0.15, -0.1) is 11.3 Å². The van der Waals surface area contributed by atoms with Crippen LogP contribution < -0.4 is 5.32 Å². The van der Waals surface area contributed by atoms with Crippen molar-refractivity contribution in [3.05, 3.63) is 58.3 Å². The second-order valence-electron chi connectivity index (χ2n) is 5.00. The molecular formula is C16H16N2O2S. The number of benzene rings is 1. The number of hydrogen-bond acceptors (Lipinski definition) is 3. The molecule has 1 aliphatic heterocycles. The molecule has 2 amide bonds. The lowest BCUT2D eigenvalue weighted by Crippen LogP contribution is -2.37. The molecule has 1 atom stereocenters. The maximum atomic E-state index is 12.7. The van der Waals surface area contributed by atoms with E-state index in [0.717, 1.165) is 10.4 Å². The van der Waals surface area contributed by atoms with Gasteiger partial charge in [0.25, 0.3) is 0 Å². The fourth-order valence-electron chi connectivity index (χ4n) is 2.44. The van der Waals surface area contributed by atoms with Crippen molar-refractivity contribution in [1.29, 1.82) is 0 Å². The molecule has 0 spiro atoms. The van der Waals surface area contributed by atoms with Gasteiger partial charge in [-0.2, -0.15) is 0 Å². The van der Waals surface area contributed by atoms with Crippen molar-refractivity contribution in [2.75, 3.05) is 6.54 Å². The first-order valence-corrected chi connectivity index (χ1v) is 7.77. The second kappa shape index (κ2) is 6.10. The maximum Gasteiger partial charge on any atom is 0.250 e. The maximum absolute atomic E-state index is 12.7. The number of carbonyl (C=O) groups excluding carboxylic acids is 2. The molecule has 1 N–H and O–H groups in total. The lowest BCUT2D eigenvalue weighted by molar-refractivity contribution is -0.134. The Bertz CT molecular complexity index is 625. The Labute approximate surface area is 127 Å².